The van der Waals surface area contributed by atoms with Crippen molar-refractivity contribution in [2.75, 3.05) is 20.2 Å². The molecule has 0 aromatic heterocycles. The number of methoxy groups -OCH3 is 1. The van der Waals surface area contributed by atoms with Gasteiger partial charge in [0.15, 0.2) is 0 Å². The summed E-state index contributed by atoms with van der Waals surface area (Å²) in [5.74, 6) is -0.670. The zero-order valence-electron chi connectivity index (χ0n) is 12.1. The number of carbonyl (C=O) groups is 1. The highest BCUT2D eigenvalue weighted by atomic mass is 35.5. The van der Waals surface area contributed by atoms with Crippen LogP contribution in [0.5, 0.6) is 0 Å². The average molecular weight is 337 g/mol. The van der Waals surface area contributed by atoms with Crippen molar-refractivity contribution in [3.05, 3.63) is 29.3 Å². The van der Waals surface area contributed by atoms with E-state index in [0.717, 1.165) is 12.0 Å². The second kappa shape index (κ2) is 8.99. The van der Waals surface area contributed by atoms with Gasteiger partial charge in [0, 0.05) is 6.54 Å². The van der Waals surface area contributed by atoms with Gasteiger partial charge in [0.25, 0.3) is 0 Å². The first-order valence-corrected chi connectivity index (χ1v) is 7.79. The topological polar surface area (TPSA) is 98.5 Å². The van der Waals surface area contributed by atoms with Gasteiger partial charge >= 0.3 is 5.97 Å². The van der Waals surface area contributed by atoms with Gasteiger partial charge in [-0.15, -0.1) is 12.4 Å². The third kappa shape index (κ3) is 5.62. The lowest BCUT2D eigenvalue weighted by atomic mass is 10.1. The zero-order chi connectivity index (χ0) is 15.2. The van der Waals surface area contributed by atoms with Crippen LogP contribution in [0, 0.1) is 6.92 Å². The van der Waals surface area contributed by atoms with Crippen LogP contribution in [-0.4, -0.2) is 34.6 Å². The van der Waals surface area contributed by atoms with Crippen molar-refractivity contribution in [2.24, 2.45) is 5.73 Å². The lowest BCUT2D eigenvalue weighted by Crippen LogP contribution is -2.27. The van der Waals surface area contributed by atoms with Crippen LogP contribution in [0.15, 0.2) is 23.1 Å². The first-order valence-electron chi connectivity index (χ1n) is 6.31. The van der Waals surface area contributed by atoms with Gasteiger partial charge in [0.1, 0.15) is 0 Å². The number of hydrogen-bond acceptors (Lipinski definition) is 5. The molecule has 1 rings (SSSR count). The van der Waals surface area contributed by atoms with Crippen molar-refractivity contribution < 1.29 is 17.9 Å². The molecule has 0 fully saturated rings. The van der Waals surface area contributed by atoms with Gasteiger partial charge in [-0.05, 0) is 38.4 Å². The van der Waals surface area contributed by atoms with E-state index in [4.69, 9.17) is 5.73 Å². The Kier molecular flexibility index (Phi) is 8.50. The fourth-order valence-electron chi connectivity index (χ4n) is 1.70. The Labute approximate surface area is 131 Å². The molecule has 6 nitrogen and oxygen atoms in total. The molecule has 0 unspecified atom stereocenters. The lowest BCUT2D eigenvalue weighted by molar-refractivity contribution is 0.0596. The fourth-order valence-corrected chi connectivity index (χ4v) is 2.95. The zero-order valence-corrected chi connectivity index (χ0v) is 13.7. The molecule has 8 heteroatoms. The van der Waals surface area contributed by atoms with Crippen LogP contribution in [0.2, 0.25) is 0 Å². The van der Waals surface area contributed by atoms with Crippen LogP contribution in [0.1, 0.15) is 28.8 Å². The largest absolute Gasteiger partial charge is 0.465 e. The molecule has 120 valence electrons. The highest BCUT2D eigenvalue weighted by molar-refractivity contribution is 7.89. The van der Waals surface area contributed by atoms with E-state index >= 15 is 0 Å². The molecule has 1 aromatic carbocycles. The Morgan fingerprint density at radius 3 is 2.57 bits per heavy atom. The number of benzene rings is 1. The monoisotopic (exact) mass is 336 g/mol. The third-order valence-electron chi connectivity index (χ3n) is 2.75. The predicted octanol–water partition coefficient (Wildman–Crippen LogP) is 1.22. The summed E-state index contributed by atoms with van der Waals surface area (Å²) in [6.45, 7) is 2.57. The molecule has 3 N–H and O–H groups in total. The van der Waals surface area contributed by atoms with E-state index < -0.39 is 16.0 Å². The molecule has 0 heterocycles. The van der Waals surface area contributed by atoms with Crippen LogP contribution < -0.4 is 10.5 Å². The van der Waals surface area contributed by atoms with Gasteiger partial charge in [-0.2, -0.15) is 0 Å². The standard InChI is InChI=1S/C13H20N2O4S.ClH/c1-10-5-6-12(11(9-10)13(16)19-2)20(17,18)15-8-4-3-7-14;/h5-6,9,15H,3-4,7-8,14H2,1-2H3;1H. The fraction of sp³-hybridized carbons (Fsp3) is 0.462. The quantitative estimate of drug-likeness (QED) is 0.576. The molecule has 0 aliphatic rings. The Bertz CT molecular complexity index is 576. The number of nitrogens with one attached hydrogen (secondary N) is 1. The molecule has 0 saturated carbocycles. The summed E-state index contributed by atoms with van der Waals surface area (Å²) >= 11 is 0. The number of hydrogen-bond donors (Lipinski definition) is 2. The van der Waals surface area contributed by atoms with E-state index in [1.807, 2.05) is 0 Å². The second-order valence-electron chi connectivity index (χ2n) is 4.38. The number of ether oxygens (including phenoxy) is 1. The molecule has 21 heavy (non-hydrogen) atoms. The van der Waals surface area contributed by atoms with E-state index in [1.165, 1.54) is 19.2 Å². The van der Waals surface area contributed by atoms with Gasteiger partial charge in [-0.1, -0.05) is 11.6 Å². The van der Waals surface area contributed by atoms with Crippen LogP contribution >= 0.6 is 12.4 Å². The number of aryl methyl sites for hydroxylation is 1. The number of carbonyl (C=O) groups excluding carboxylic acids is 1. The number of rotatable bonds is 7. The number of esters is 1. The smallest absolute Gasteiger partial charge is 0.339 e. The first-order chi connectivity index (χ1) is 9.42. The number of sulfonamides is 1. The normalized spacial score (nSPS) is 10.8. The molecule has 0 amide bonds. The predicted molar refractivity (Wildman–Crippen MR) is 83.2 cm³/mol. The van der Waals surface area contributed by atoms with Crippen LogP contribution in [0.4, 0.5) is 0 Å². The van der Waals surface area contributed by atoms with E-state index in [2.05, 4.69) is 9.46 Å². The summed E-state index contributed by atoms with van der Waals surface area (Å²) in [6.07, 6.45) is 1.38. The van der Waals surface area contributed by atoms with Gasteiger partial charge in [0.05, 0.1) is 17.6 Å². The minimum absolute atomic E-state index is 0. The lowest BCUT2D eigenvalue weighted by Gasteiger charge is -2.11. The van der Waals surface area contributed by atoms with Crippen LogP contribution in [0.3, 0.4) is 0 Å². The molecule has 0 bridgehead atoms. The molecule has 0 aliphatic heterocycles. The molecule has 0 radical (unpaired) electrons. The van der Waals surface area contributed by atoms with Crippen LogP contribution in [0.25, 0.3) is 0 Å². The van der Waals surface area contributed by atoms with Crippen molar-refractivity contribution in [1.29, 1.82) is 0 Å². The summed E-state index contributed by atoms with van der Waals surface area (Å²) in [4.78, 5) is 11.6. The van der Waals surface area contributed by atoms with Crippen molar-refractivity contribution in [1.82, 2.24) is 4.72 Å². The molecule has 0 saturated heterocycles. The number of unbranched alkanes of at least 4 members (excludes halogenated alkanes) is 1. The van der Waals surface area contributed by atoms with E-state index in [0.29, 0.717) is 13.0 Å². The number of halogens is 1. The Hall–Kier alpha value is -1.15. The minimum atomic E-state index is -3.73. The summed E-state index contributed by atoms with van der Waals surface area (Å²) in [7, 11) is -2.52. The van der Waals surface area contributed by atoms with Gasteiger partial charge in [0.2, 0.25) is 10.0 Å². The maximum Gasteiger partial charge on any atom is 0.339 e. The van der Waals surface area contributed by atoms with Crippen molar-refractivity contribution in [3.63, 3.8) is 0 Å². The first kappa shape index (κ1) is 19.9. The Balaban J connectivity index is 0.00000400. The van der Waals surface area contributed by atoms with Gasteiger partial charge in [-0.3, -0.25) is 0 Å². The van der Waals surface area contributed by atoms with Gasteiger partial charge < -0.3 is 10.5 Å². The summed E-state index contributed by atoms with van der Waals surface area (Å²) in [5, 5.41) is 0. The summed E-state index contributed by atoms with van der Waals surface area (Å²) in [6, 6.07) is 4.55. The molecule has 1 aromatic rings. The van der Waals surface area contributed by atoms with Gasteiger partial charge in [-0.25, -0.2) is 17.9 Å². The summed E-state index contributed by atoms with van der Waals surface area (Å²) in [5.41, 5.74) is 6.17. The average Bonchev–Trinajstić information content (AvgIpc) is 2.42. The maximum atomic E-state index is 12.2. The Morgan fingerprint density at radius 2 is 2.00 bits per heavy atom. The SMILES string of the molecule is COC(=O)c1cc(C)ccc1S(=O)(=O)NCCCCN.Cl. The molecular weight excluding hydrogens is 316 g/mol. The van der Waals surface area contributed by atoms with Crippen molar-refractivity contribution in [2.45, 2.75) is 24.7 Å². The molecule has 0 spiro atoms. The molecule has 0 aliphatic carbocycles. The van der Waals surface area contributed by atoms with E-state index in [9.17, 15) is 13.2 Å². The van der Waals surface area contributed by atoms with E-state index in [1.54, 1.807) is 13.0 Å². The second-order valence-corrected chi connectivity index (χ2v) is 6.12. The van der Waals surface area contributed by atoms with E-state index in [-0.39, 0.29) is 29.4 Å². The highest BCUT2D eigenvalue weighted by Crippen LogP contribution is 2.18. The van der Waals surface area contributed by atoms with Crippen LogP contribution in [-0.2, 0) is 14.8 Å². The number of nitrogens with two attached hydrogens (primary N) is 1. The van der Waals surface area contributed by atoms with Crippen molar-refractivity contribution >= 4 is 28.4 Å². The third-order valence-corrected chi connectivity index (χ3v) is 4.27. The Morgan fingerprint density at radius 1 is 1.33 bits per heavy atom. The van der Waals surface area contributed by atoms with Crippen molar-refractivity contribution in [3.8, 4) is 0 Å². The highest BCUT2D eigenvalue weighted by Gasteiger charge is 2.22. The minimum Gasteiger partial charge on any atom is -0.465 e. The molecule has 0 atom stereocenters. The maximum absolute atomic E-state index is 12.2. The molecular formula is C13H21ClN2O4S. The summed E-state index contributed by atoms with van der Waals surface area (Å²) < 4.78 is 31.5.